The number of unbranched alkanes of at least 4 members (excludes halogenated alkanes) is 3. The maximum atomic E-state index is 14.0. The minimum Gasteiger partial charge on any atom is -0.396 e. The van der Waals surface area contributed by atoms with E-state index in [0.29, 0.717) is 26.1 Å². The van der Waals surface area contributed by atoms with Gasteiger partial charge in [0.25, 0.3) is 0 Å². The van der Waals surface area contributed by atoms with Crippen molar-refractivity contribution in [1.29, 1.82) is 0 Å². The van der Waals surface area contributed by atoms with E-state index in [1.807, 2.05) is 44.2 Å². The average molecular weight is 500 g/mol. The summed E-state index contributed by atoms with van der Waals surface area (Å²) in [5.74, 6) is -1.78. The van der Waals surface area contributed by atoms with E-state index >= 15 is 0 Å². The zero-order valence-electron chi connectivity index (χ0n) is 21.8. The van der Waals surface area contributed by atoms with Crippen LogP contribution in [0.5, 0.6) is 0 Å². The van der Waals surface area contributed by atoms with Gasteiger partial charge in [0, 0.05) is 26.2 Å². The number of aliphatic hydroxyl groups is 1. The number of aliphatic hydroxyl groups excluding tert-OH is 1. The largest absolute Gasteiger partial charge is 0.396 e. The van der Waals surface area contributed by atoms with Crippen molar-refractivity contribution in [3.05, 3.63) is 35.9 Å². The lowest BCUT2D eigenvalue weighted by Crippen LogP contribution is -2.55. The fourth-order valence-corrected chi connectivity index (χ4v) is 6.67. The Labute approximate surface area is 214 Å². The summed E-state index contributed by atoms with van der Waals surface area (Å²) in [6, 6.07) is 8.92. The number of carbonyl (C=O) groups excluding carboxylic acids is 3. The monoisotopic (exact) mass is 499 g/mol. The highest BCUT2D eigenvalue weighted by atomic mass is 16.5. The molecular formula is C28H41N3O5. The molecule has 1 aromatic carbocycles. The second kappa shape index (κ2) is 10.9. The van der Waals surface area contributed by atoms with Gasteiger partial charge in [-0.2, -0.15) is 0 Å². The first kappa shape index (κ1) is 26.6. The molecule has 0 saturated carbocycles. The summed E-state index contributed by atoms with van der Waals surface area (Å²) in [5.41, 5.74) is -0.817. The van der Waals surface area contributed by atoms with Gasteiger partial charge in [-0.15, -0.1) is 0 Å². The predicted molar refractivity (Wildman–Crippen MR) is 136 cm³/mol. The third kappa shape index (κ3) is 4.54. The topological polar surface area (TPSA) is 108 Å². The first-order valence-electron chi connectivity index (χ1n) is 13.5. The number of fused-ring (bicyclic) bond motifs is 1. The molecule has 3 aliphatic rings. The van der Waals surface area contributed by atoms with Gasteiger partial charge in [0.1, 0.15) is 11.6 Å². The van der Waals surface area contributed by atoms with Crippen molar-refractivity contribution in [3.63, 3.8) is 0 Å². The SMILES string of the molecule is CCCNC(=O)[C@H]1[C@H]2C(=O)N(CCCCCCO)C(C(=O)NCc3ccccc3)C23CC(C)[C@]1(C)O3. The van der Waals surface area contributed by atoms with E-state index in [0.717, 1.165) is 37.7 Å². The lowest BCUT2D eigenvalue weighted by atomic mass is 9.62. The standard InChI is InChI=1S/C28H41N3O5/c1-4-14-29-24(33)21-22-26(35)31(15-10-5-6-11-16-32)23(28(22)17-19(2)27(21,3)36-28)25(34)30-18-20-12-8-7-9-13-20/h7-9,12-13,19,21-23,32H,4-6,10-11,14-18H2,1-3H3,(H,29,33)(H,30,34)/t19?,21-,22+,23?,27+,28?/m1/s1. The van der Waals surface area contributed by atoms with Crippen LogP contribution in [-0.2, 0) is 25.7 Å². The molecule has 3 unspecified atom stereocenters. The van der Waals surface area contributed by atoms with Crippen LogP contribution >= 0.6 is 0 Å². The van der Waals surface area contributed by atoms with Gasteiger partial charge < -0.3 is 25.4 Å². The van der Waals surface area contributed by atoms with E-state index in [2.05, 4.69) is 17.6 Å². The van der Waals surface area contributed by atoms with Crippen molar-refractivity contribution in [2.45, 2.75) is 83.1 Å². The van der Waals surface area contributed by atoms with Gasteiger partial charge in [-0.3, -0.25) is 14.4 Å². The number of nitrogens with zero attached hydrogens (tertiary/aromatic N) is 1. The van der Waals surface area contributed by atoms with Crippen LogP contribution in [-0.4, -0.2) is 64.7 Å². The van der Waals surface area contributed by atoms with Crippen LogP contribution in [0.4, 0.5) is 0 Å². The lowest BCUT2D eigenvalue weighted by molar-refractivity contribution is -0.147. The molecule has 4 rings (SSSR count). The highest BCUT2D eigenvalue weighted by molar-refractivity contribution is 5.99. The van der Waals surface area contributed by atoms with E-state index < -0.39 is 29.1 Å². The molecule has 8 heteroatoms. The summed E-state index contributed by atoms with van der Waals surface area (Å²) in [7, 11) is 0. The fraction of sp³-hybridized carbons (Fsp3) is 0.679. The van der Waals surface area contributed by atoms with Crippen LogP contribution in [0.1, 0.15) is 64.9 Å². The highest BCUT2D eigenvalue weighted by Gasteiger charge is 2.79. The number of hydrogen-bond acceptors (Lipinski definition) is 5. The van der Waals surface area contributed by atoms with Crippen LogP contribution in [0.3, 0.4) is 0 Å². The molecule has 3 aliphatic heterocycles. The zero-order valence-corrected chi connectivity index (χ0v) is 21.8. The Hall–Kier alpha value is -2.45. The van der Waals surface area contributed by atoms with Gasteiger partial charge in [0.2, 0.25) is 17.7 Å². The molecule has 2 bridgehead atoms. The molecule has 3 N–H and O–H groups in total. The second-order valence-electron chi connectivity index (χ2n) is 10.9. The second-order valence-corrected chi connectivity index (χ2v) is 10.9. The highest BCUT2D eigenvalue weighted by Crippen LogP contribution is 2.65. The maximum absolute atomic E-state index is 14.0. The van der Waals surface area contributed by atoms with Crippen LogP contribution < -0.4 is 10.6 Å². The summed E-state index contributed by atoms with van der Waals surface area (Å²) in [6.45, 7) is 7.49. The van der Waals surface area contributed by atoms with Crippen molar-refractivity contribution in [1.82, 2.24) is 15.5 Å². The van der Waals surface area contributed by atoms with Crippen LogP contribution in [0.2, 0.25) is 0 Å². The molecule has 8 nitrogen and oxygen atoms in total. The van der Waals surface area contributed by atoms with E-state index in [1.165, 1.54) is 0 Å². The molecule has 3 fully saturated rings. The third-order valence-corrected chi connectivity index (χ3v) is 8.51. The number of hydrogen-bond donors (Lipinski definition) is 3. The maximum Gasteiger partial charge on any atom is 0.246 e. The van der Waals surface area contributed by atoms with Gasteiger partial charge in [0.05, 0.1) is 17.4 Å². The van der Waals surface area contributed by atoms with Gasteiger partial charge in [-0.25, -0.2) is 0 Å². The Bertz CT molecular complexity index is 956. The quantitative estimate of drug-likeness (QED) is 0.383. The number of rotatable bonds is 12. The van der Waals surface area contributed by atoms with E-state index in [9.17, 15) is 14.4 Å². The Morgan fingerprint density at radius 1 is 1.11 bits per heavy atom. The summed E-state index contributed by atoms with van der Waals surface area (Å²) >= 11 is 0. The van der Waals surface area contributed by atoms with Gasteiger partial charge in [-0.1, -0.05) is 57.0 Å². The Morgan fingerprint density at radius 2 is 1.83 bits per heavy atom. The summed E-state index contributed by atoms with van der Waals surface area (Å²) in [4.78, 5) is 42.8. The molecule has 1 spiro atoms. The molecule has 0 radical (unpaired) electrons. The molecule has 36 heavy (non-hydrogen) atoms. The molecule has 0 aromatic heterocycles. The zero-order chi connectivity index (χ0) is 25.9. The summed E-state index contributed by atoms with van der Waals surface area (Å²) in [5, 5.41) is 15.1. The van der Waals surface area contributed by atoms with E-state index in [-0.39, 0.29) is 30.2 Å². The summed E-state index contributed by atoms with van der Waals surface area (Å²) < 4.78 is 6.71. The minimum absolute atomic E-state index is 0.0351. The number of carbonyl (C=O) groups is 3. The van der Waals surface area contributed by atoms with Crippen molar-refractivity contribution in [2.75, 3.05) is 19.7 Å². The number of amides is 3. The first-order chi connectivity index (χ1) is 17.3. The van der Waals surface area contributed by atoms with Crippen molar-refractivity contribution in [2.24, 2.45) is 17.8 Å². The predicted octanol–water partition coefficient (Wildman–Crippen LogP) is 2.39. The molecule has 6 atom stereocenters. The smallest absolute Gasteiger partial charge is 0.246 e. The fourth-order valence-electron chi connectivity index (χ4n) is 6.67. The van der Waals surface area contributed by atoms with Crippen molar-refractivity contribution >= 4 is 17.7 Å². The lowest BCUT2D eigenvalue weighted by Gasteiger charge is -2.36. The Balaban J connectivity index is 1.62. The molecule has 3 amide bonds. The Morgan fingerprint density at radius 3 is 2.53 bits per heavy atom. The van der Waals surface area contributed by atoms with Crippen molar-refractivity contribution < 1.29 is 24.2 Å². The molecule has 3 heterocycles. The average Bonchev–Trinajstić information content (AvgIpc) is 3.38. The van der Waals surface area contributed by atoms with Crippen LogP contribution in [0.15, 0.2) is 30.3 Å². The third-order valence-electron chi connectivity index (χ3n) is 8.51. The van der Waals surface area contributed by atoms with E-state index in [4.69, 9.17) is 9.84 Å². The normalized spacial score (nSPS) is 32.6. The number of nitrogens with one attached hydrogen (secondary N) is 2. The van der Waals surface area contributed by atoms with E-state index in [1.54, 1.807) is 4.90 Å². The number of likely N-dealkylation sites (tertiary alicyclic amines) is 1. The van der Waals surface area contributed by atoms with Gasteiger partial charge in [0.15, 0.2) is 0 Å². The molecule has 3 saturated heterocycles. The molecular weight excluding hydrogens is 458 g/mol. The summed E-state index contributed by atoms with van der Waals surface area (Å²) in [6.07, 6.45) is 4.56. The minimum atomic E-state index is -1.01. The molecule has 198 valence electrons. The van der Waals surface area contributed by atoms with Crippen LogP contribution in [0, 0.1) is 17.8 Å². The van der Waals surface area contributed by atoms with Gasteiger partial charge >= 0.3 is 0 Å². The van der Waals surface area contributed by atoms with Gasteiger partial charge in [-0.05, 0) is 44.1 Å². The van der Waals surface area contributed by atoms with Crippen LogP contribution in [0.25, 0.3) is 0 Å². The number of ether oxygens (including phenoxy) is 1. The molecule has 1 aromatic rings. The number of benzene rings is 1. The first-order valence-corrected chi connectivity index (χ1v) is 13.5. The molecule has 0 aliphatic carbocycles. The van der Waals surface area contributed by atoms with Crippen molar-refractivity contribution in [3.8, 4) is 0 Å². The Kier molecular flexibility index (Phi) is 8.05.